The van der Waals surface area contributed by atoms with Crippen LogP contribution in [0.5, 0.6) is 0 Å². The van der Waals surface area contributed by atoms with Crippen LogP contribution in [-0.2, 0) is 33.3 Å². The van der Waals surface area contributed by atoms with Crippen molar-refractivity contribution in [1.29, 1.82) is 0 Å². The van der Waals surface area contributed by atoms with E-state index in [1.807, 2.05) is 0 Å². The molecule has 1 rings (SSSR count). The summed E-state index contributed by atoms with van der Waals surface area (Å²) in [4.78, 5) is 0. The molecule has 5 heteroatoms. The second kappa shape index (κ2) is 6.60. The van der Waals surface area contributed by atoms with Gasteiger partial charge in [-0.25, -0.2) is 0 Å². The van der Waals surface area contributed by atoms with Crippen LogP contribution < -0.4 is 0 Å². The molecule has 0 aromatic heterocycles. The van der Waals surface area contributed by atoms with Crippen molar-refractivity contribution in [3.8, 4) is 0 Å². The Balaban J connectivity index is 2.89. The Bertz CT molecular complexity index is 336. The third kappa shape index (κ3) is 4.41. The average Bonchev–Trinajstić information content (AvgIpc) is 2.24. The molecule has 0 saturated heterocycles. The summed E-state index contributed by atoms with van der Waals surface area (Å²) in [6.07, 6.45) is 3.20. The normalized spacial score (nSPS) is 28.8. The van der Waals surface area contributed by atoms with Crippen LogP contribution in [-0.4, -0.2) is 32.7 Å². The maximum atomic E-state index is 6.12. The zero-order chi connectivity index (χ0) is 13.9. The first-order valence-corrected chi connectivity index (χ1v) is 11.2. The van der Waals surface area contributed by atoms with Crippen LogP contribution in [0.1, 0.15) is 13.3 Å². The van der Waals surface area contributed by atoms with E-state index in [0.717, 1.165) is 16.3 Å². The molecule has 18 heavy (non-hydrogen) atoms. The summed E-state index contributed by atoms with van der Waals surface area (Å²) in [5.74, 6) is 1.95. The summed E-state index contributed by atoms with van der Waals surface area (Å²) >= 11 is 1.38. The molecule has 0 aliphatic heterocycles. The number of hydrogen-bond donors (Lipinski definition) is 0. The number of allylic oxidation sites excluding steroid dienone is 1. The van der Waals surface area contributed by atoms with Crippen molar-refractivity contribution in [3.05, 3.63) is 11.8 Å². The molecule has 0 bridgehead atoms. The van der Waals surface area contributed by atoms with Gasteiger partial charge >= 0.3 is 123 Å². The van der Waals surface area contributed by atoms with E-state index < -0.39 is 8.32 Å². The second-order valence-electron chi connectivity index (χ2n) is 5.78. The molecule has 0 saturated carbocycles. The first-order chi connectivity index (χ1) is 8.28. The van der Waals surface area contributed by atoms with E-state index >= 15 is 0 Å². The predicted molar refractivity (Wildman–Crippen MR) is 72.6 cm³/mol. The molecule has 0 spiro atoms. The Kier molecular flexibility index (Phi) is 5.97. The fourth-order valence-electron chi connectivity index (χ4n) is 2.31. The van der Waals surface area contributed by atoms with Gasteiger partial charge in [-0.15, -0.1) is 0 Å². The molecular formula is C13H24O3SiW. The Labute approximate surface area is 122 Å². The molecule has 1 aliphatic carbocycles. The van der Waals surface area contributed by atoms with E-state index in [-0.39, 0.29) is 6.10 Å². The summed E-state index contributed by atoms with van der Waals surface area (Å²) in [5.41, 5.74) is 0. The molecule has 0 amide bonds. The van der Waals surface area contributed by atoms with E-state index in [0.29, 0.717) is 11.8 Å². The topological polar surface area (TPSA) is 27.7 Å². The van der Waals surface area contributed by atoms with Crippen molar-refractivity contribution in [3.63, 3.8) is 0 Å². The van der Waals surface area contributed by atoms with Gasteiger partial charge in [0, 0.05) is 0 Å². The van der Waals surface area contributed by atoms with Crippen LogP contribution in [0, 0.1) is 11.8 Å². The SMILES string of the molecule is CO[C](=[W])[C@H]1[C@@H](OC)C=C(O[Si](C)(C)C)C[C@@H]1C. The van der Waals surface area contributed by atoms with Crippen LogP contribution in [0.3, 0.4) is 0 Å². The first kappa shape index (κ1) is 16.3. The fraction of sp³-hybridized carbons (Fsp3) is 0.769. The van der Waals surface area contributed by atoms with E-state index in [9.17, 15) is 0 Å². The van der Waals surface area contributed by atoms with Gasteiger partial charge in [-0.05, 0) is 0 Å². The third-order valence-corrected chi connectivity index (χ3v) is 5.47. The summed E-state index contributed by atoms with van der Waals surface area (Å²) in [6, 6.07) is 0. The summed E-state index contributed by atoms with van der Waals surface area (Å²) in [5, 5.41) is 0. The van der Waals surface area contributed by atoms with Crippen LogP contribution in [0.2, 0.25) is 19.6 Å². The van der Waals surface area contributed by atoms with Gasteiger partial charge in [-0.1, -0.05) is 0 Å². The van der Waals surface area contributed by atoms with Crippen molar-refractivity contribution in [2.75, 3.05) is 14.2 Å². The van der Waals surface area contributed by atoms with Gasteiger partial charge in [0.2, 0.25) is 0 Å². The summed E-state index contributed by atoms with van der Waals surface area (Å²) < 4.78 is 18.3. The van der Waals surface area contributed by atoms with Gasteiger partial charge in [-0.2, -0.15) is 0 Å². The van der Waals surface area contributed by atoms with Crippen molar-refractivity contribution >= 4 is 12.4 Å². The van der Waals surface area contributed by atoms with E-state index in [2.05, 4.69) is 32.6 Å². The summed E-state index contributed by atoms with van der Waals surface area (Å²) in [6.45, 7) is 8.88. The standard InChI is InChI=1S/C13H24O3Si.W/c1-10-7-11(16-17(4,5)6)8-13(15-3)12(10)9-14-2;/h8,10,12-13H,7H2,1-6H3;/t10-,12+,13-;/m0./s1. The number of hydrogen-bond acceptors (Lipinski definition) is 3. The van der Waals surface area contributed by atoms with Crippen molar-refractivity contribution in [1.82, 2.24) is 0 Å². The van der Waals surface area contributed by atoms with Crippen LogP contribution in [0.15, 0.2) is 11.8 Å². The van der Waals surface area contributed by atoms with E-state index in [1.54, 1.807) is 14.2 Å². The van der Waals surface area contributed by atoms with Crippen LogP contribution in [0.25, 0.3) is 0 Å². The quantitative estimate of drug-likeness (QED) is 0.616. The molecular weight excluding hydrogens is 416 g/mol. The maximum absolute atomic E-state index is 6.12. The minimum atomic E-state index is -1.53. The molecule has 3 nitrogen and oxygen atoms in total. The van der Waals surface area contributed by atoms with E-state index in [1.165, 1.54) is 19.4 Å². The average molecular weight is 440 g/mol. The zero-order valence-corrected chi connectivity index (χ0v) is 16.1. The molecule has 0 N–H and O–H groups in total. The fourth-order valence-corrected chi connectivity index (χ4v) is 4.56. The third-order valence-electron chi connectivity index (χ3n) is 3.02. The molecule has 0 heterocycles. The van der Waals surface area contributed by atoms with Gasteiger partial charge in [0.05, 0.1) is 0 Å². The minimum absolute atomic E-state index is 0.0764. The summed E-state index contributed by atoms with van der Waals surface area (Å²) in [7, 11) is 1.98. The number of rotatable bonds is 5. The monoisotopic (exact) mass is 440 g/mol. The zero-order valence-electron chi connectivity index (χ0n) is 12.1. The Morgan fingerprint density at radius 1 is 1.33 bits per heavy atom. The van der Waals surface area contributed by atoms with E-state index in [4.69, 9.17) is 13.9 Å². The molecule has 104 valence electrons. The second-order valence-corrected chi connectivity index (χ2v) is 11.7. The molecule has 3 atom stereocenters. The van der Waals surface area contributed by atoms with Gasteiger partial charge < -0.3 is 0 Å². The molecule has 0 aromatic carbocycles. The molecule has 0 fully saturated rings. The van der Waals surface area contributed by atoms with Crippen molar-refractivity contribution in [2.24, 2.45) is 11.8 Å². The first-order valence-electron chi connectivity index (χ1n) is 6.29. The Hall–Kier alpha value is 0.235. The molecule has 0 unspecified atom stereocenters. The van der Waals surface area contributed by atoms with Crippen molar-refractivity contribution in [2.45, 2.75) is 39.1 Å². The Morgan fingerprint density at radius 2 is 1.94 bits per heavy atom. The van der Waals surface area contributed by atoms with Crippen molar-refractivity contribution < 1.29 is 33.3 Å². The molecule has 1 aliphatic rings. The van der Waals surface area contributed by atoms with Crippen LogP contribution >= 0.6 is 0 Å². The van der Waals surface area contributed by atoms with Gasteiger partial charge in [0.1, 0.15) is 0 Å². The van der Waals surface area contributed by atoms with Gasteiger partial charge in [0.25, 0.3) is 0 Å². The molecule has 0 aromatic rings. The number of ether oxygens (including phenoxy) is 2. The van der Waals surface area contributed by atoms with Crippen LogP contribution in [0.4, 0.5) is 0 Å². The predicted octanol–water partition coefficient (Wildman–Crippen LogP) is 2.72. The van der Waals surface area contributed by atoms with Gasteiger partial charge in [-0.3, -0.25) is 0 Å². The molecule has 0 radical (unpaired) electrons. The number of methoxy groups -OCH3 is 2. The van der Waals surface area contributed by atoms with Gasteiger partial charge in [0.15, 0.2) is 0 Å². The Morgan fingerprint density at radius 3 is 2.39 bits per heavy atom.